The molecule has 3 N–H and O–H groups in total. The van der Waals surface area contributed by atoms with Gasteiger partial charge in [-0.3, -0.25) is 4.79 Å². The Bertz CT molecular complexity index is 1080. The zero-order chi connectivity index (χ0) is 22.5. The maximum atomic E-state index is 14.5. The van der Waals surface area contributed by atoms with Gasteiger partial charge in [-0.05, 0) is 39.2 Å². The number of hydrogen-bond donors (Lipinski definition) is 3. The molecule has 0 fully saturated rings. The van der Waals surface area contributed by atoms with E-state index < -0.39 is 11.7 Å². The normalized spacial score (nSPS) is 10.9. The number of halogens is 2. The van der Waals surface area contributed by atoms with Crippen molar-refractivity contribution in [3.63, 3.8) is 0 Å². The van der Waals surface area contributed by atoms with E-state index >= 15 is 0 Å². The van der Waals surface area contributed by atoms with E-state index in [1.54, 1.807) is 12.3 Å². The molecule has 10 heteroatoms. The molecule has 0 atom stereocenters. The number of para-hydroxylation sites is 1. The fourth-order valence-corrected chi connectivity index (χ4v) is 3.28. The molecule has 2 aromatic heterocycles. The van der Waals surface area contributed by atoms with Crippen molar-refractivity contribution in [2.45, 2.75) is 20.0 Å². The second-order valence-corrected chi connectivity index (χ2v) is 7.47. The number of aryl methyl sites for hydroxylation is 1. The number of benzene rings is 1. The van der Waals surface area contributed by atoms with E-state index in [1.807, 2.05) is 36.7 Å². The van der Waals surface area contributed by atoms with Crippen LogP contribution in [0.1, 0.15) is 23.0 Å². The fraction of sp³-hybridized carbons (Fsp3) is 0.286. The quantitative estimate of drug-likeness (QED) is 0.486. The Morgan fingerprint density at radius 1 is 1.26 bits per heavy atom. The molecule has 31 heavy (non-hydrogen) atoms. The standard InChI is InChI=1S/C21H25ClFN7O/c1-5-30-17(11-13(28-30)12-29(3)4)27-20-18(22)16(9-10-25-20)26-19-14(21(31)24-2)7-6-8-15(19)23/h6-11H,5,12H2,1-4H3,(H,24,31)(H2,25,26,27). The average Bonchev–Trinajstić information content (AvgIpc) is 3.12. The molecule has 164 valence electrons. The van der Waals surface area contributed by atoms with Crippen molar-refractivity contribution in [2.75, 3.05) is 31.8 Å². The lowest BCUT2D eigenvalue weighted by Crippen LogP contribution is -2.19. The van der Waals surface area contributed by atoms with Crippen molar-refractivity contribution in [2.24, 2.45) is 0 Å². The first-order valence-electron chi connectivity index (χ1n) is 9.74. The molecular formula is C21H25ClFN7O. The molecule has 0 bridgehead atoms. The van der Waals surface area contributed by atoms with Gasteiger partial charge in [-0.1, -0.05) is 17.7 Å². The van der Waals surface area contributed by atoms with E-state index in [2.05, 4.69) is 26.0 Å². The van der Waals surface area contributed by atoms with Crippen LogP contribution in [0, 0.1) is 5.82 Å². The van der Waals surface area contributed by atoms with Crippen LogP contribution in [0.25, 0.3) is 0 Å². The first-order chi connectivity index (χ1) is 14.8. The van der Waals surface area contributed by atoms with Crippen molar-refractivity contribution in [1.82, 2.24) is 25.0 Å². The molecule has 3 aromatic rings. The summed E-state index contributed by atoms with van der Waals surface area (Å²) in [6.07, 6.45) is 1.55. The maximum Gasteiger partial charge on any atom is 0.253 e. The van der Waals surface area contributed by atoms with Crippen molar-refractivity contribution >= 4 is 40.5 Å². The van der Waals surface area contributed by atoms with Crippen LogP contribution < -0.4 is 16.0 Å². The van der Waals surface area contributed by atoms with Crippen molar-refractivity contribution in [1.29, 1.82) is 0 Å². The van der Waals surface area contributed by atoms with Crippen LogP contribution in [-0.2, 0) is 13.1 Å². The van der Waals surface area contributed by atoms with E-state index in [0.717, 1.165) is 11.5 Å². The van der Waals surface area contributed by atoms with Crippen molar-refractivity contribution < 1.29 is 9.18 Å². The summed E-state index contributed by atoms with van der Waals surface area (Å²) in [6.45, 7) is 3.35. The van der Waals surface area contributed by atoms with Crippen LogP contribution in [-0.4, -0.2) is 46.7 Å². The molecule has 0 aliphatic rings. The number of aromatic nitrogens is 3. The van der Waals surface area contributed by atoms with Gasteiger partial charge in [0.2, 0.25) is 0 Å². The van der Waals surface area contributed by atoms with E-state index in [1.165, 1.54) is 25.2 Å². The van der Waals surface area contributed by atoms with Crippen LogP contribution in [0.2, 0.25) is 5.02 Å². The topological polar surface area (TPSA) is 87.1 Å². The number of hydrogen-bond acceptors (Lipinski definition) is 6. The minimum absolute atomic E-state index is 0.0350. The van der Waals surface area contributed by atoms with Crippen molar-refractivity contribution in [3.8, 4) is 0 Å². The second-order valence-electron chi connectivity index (χ2n) is 7.09. The van der Waals surface area contributed by atoms with E-state index in [9.17, 15) is 9.18 Å². The number of carbonyl (C=O) groups is 1. The summed E-state index contributed by atoms with van der Waals surface area (Å²) < 4.78 is 16.3. The molecule has 0 radical (unpaired) electrons. The molecule has 1 amide bonds. The SMILES string of the molecule is CCn1nc(CN(C)C)cc1Nc1nccc(Nc2c(F)cccc2C(=O)NC)c1Cl. The third-order valence-corrected chi connectivity index (χ3v) is 4.87. The number of pyridine rings is 1. The van der Waals surface area contributed by atoms with Gasteiger partial charge in [0.05, 0.1) is 22.6 Å². The lowest BCUT2D eigenvalue weighted by Gasteiger charge is -2.15. The maximum absolute atomic E-state index is 14.5. The largest absolute Gasteiger partial charge is 0.355 e. The molecule has 8 nitrogen and oxygen atoms in total. The van der Waals surface area contributed by atoms with Gasteiger partial charge < -0.3 is 20.9 Å². The second kappa shape index (κ2) is 9.76. The van der Waals surface area contributed by atoms with Crippen LogP contribution >= 0.6 is 11.6 Å². The monoisotopic (exact) mass is 445 g/mol. The lowest BCUT2D eigenvalue weighted by atomic mass is 10.1. The summed E-state index contributed by atoms with van der Waals surface area (Å²) >= 11 is 6.56. The highest BCUT2D eigenvalue weighted by molar-refractivity contribution is 6.35. The van der Waals surface area contributed by atoms with Gasteiger partial charge in [-0.2, -0.15) is 5.10 Å². The highest BCUT2D eigenvalue weighted by Gasteiger charge is 2.17. The van der Waals surface area contributed by atoms with E-state index in [4.69, 9.17) is 11.6 Å². The van der Waals surface area contributed by atoms with E-state index in [-0.39, 0.29) is 16.3 Å². The Hall–Kier alpha value is -3.17. The fourth-order valence-electron chi connectivity index (χ4n) is 3.07. The van der Waals surface area contributed by atoms with Crippen LogP contribution in [0.3, 0.4) is 0 Å². The number of anilines is 4. The minimum Gasteiger partial charge on any atom is -0.355 e. The molecule has 2 heterocycles. The Labute approximate surface area is 185 Å². The number of rotatable bonds is 8. The molecule has 0 saturated heterocycles. The van der Waals surface area contributed by atoms with Gasteiger partial charge in [-0.15, -0.1) is 0 Å². The number of amides is 1. The average molecular weight is 446 g/mol. The first-order valence-corrected chi connectivity index (χ1v) is 10.1. The molecule has 0 spiro atoms. The zero-order valence-corrected chi connectivity index (χ0v) is 18.6. The molecule has 1 aromatic carbocycles. The Morgan fingerprint density at radius 3 is 2.71 bits per heavy atom. The van der Waals surface area contributed by atoms with Gasteiger partial charge in [-0.25, -0.2) is 14.1 Å². The summed E-state index contributed by atoms with van der Waals surface area (Å²) in [5, 5.41) is 13.5. The predicted octanol–water partition coefficient (Wildman–Crippen LogP) is 4.00. The van der Waals surface area contributed by atoms with Gasteiger partial charge >= 0.3 is 0 Å². The van der Waals surface area contributed by atoms with Gasteiger partial charge in [0.1, 0.15) is 16.7 Å². The third-order valence-electron chi connectivity index (χ3n) is 4.49. The zero-order valence-electron chi connectivity index (χ0n) is 17.8. The van der Waals surface area contributed by atoms with Crippen molar-refractivity contribution in [3.05, 3.63) is 58.6 Å². The molecule has 3 rings (SSSR count). The molecule has 0 unspecified atom stereocenters. The number of nitrogens with zero attached hydrogens (tertiary/aromatic N) is 4. The van der Waals surface area contributed by atoms with Crippen LogP contribution in [0.5, 0.6) is 0 Å². The number of nitrogens with one attached hydrogen (secondary N) is 3. The minimum atomic E-state index is -0.569. The summed E-state index contributed by atoms with van der Waals surface area (Å²) in [6, 6.07) is 7.83. The van der Waals surface area contributed by atoms with E-state index in [0.29, 0.717) is 24.6 Å². The Morgan fingerprint density at radius 2 is 2.03 bits per heavy atom. The highest BCUT2D eigenvalue weighted by atomic mass is 35.5. The Kier molecular flexibility index (Phi) is 7.09. The first kappa shape index (κ1) is 22.5. The number of carbonyl (C=O) groups excluding carboxylic acids is 1. The smallest absolute Gasteiger partial charge is 0.253 e. The van der Waals surface area contributed by atoms with Gasteiger partial charge in [0.15, 0.2) is 5.82 Å². The molecule has 0 aliphatic heterocycles. The van der Waals surface area contributed by atoms with Crippen LogP contribution in [0.4, 0.5) is 27.4 Å². The highest BCUT2D eigenvalue weighted by Crippen LogP contribution is 2.34. The molecule has 0 saturated carbocycles. The summed E-state index contributed by atoms with van der Waals surface area (Å²) in [5.74, 6) is 0.144. The molecular weight excluding hydrogens is 421 g/mol. The third kappa shape index (κ3) is 5.12. The van der Waals surface area contributed by atoms with Gasteiger partial charge in [0, 0.05) is 32.4 Å². The Balaban J connectivity index is 1.92. The lowest BCUT2D eigenvalue weighted by molar-refractivity contribution is 0.0963. The predicted molar refractivity (Wildman–Crippen MR) is 121 cm³/mol. The summed E-state index contributed by atoms with van der Waals surface area (Å²) in [5.41, 5.74) is 1.52. The summed E-state index contributed by atoms with van der Waals surface area (Å²) in [4.78, 5) is 18.5. The summed E-state index contributed by atoms with van der Waals surface area (Å²) in [7, 11) is 5.43. The van der Waals surface area contributed by atoms with Crippen LogP contribution in [0.15, 0.2) is 36.5 Å². The van der Waals surface area contributed by atoms with Gasteiger partial charge in [0.25, 0.3) is 5.91 Å². The molecule has 0 aliphatic carbocycles.